The Morgan fingerprint density at radius 1 is 0.974 bits per heavy atom. The van der Waals surface area contributed by atoms with Crippen LogP contribution in [0.15, 0.2) is 72.8 Å². The maximum Gasteiger partial charge on any atom is 0.238 e. The fourth-order valence-corrected chi connectivity index (χ4v) is 6.83. The molecule has 0 aliphatic carbocycles. The molecular weight excluding hydrogens is 519 g/mol. The Labute approximate surface area is 231 Å². The molecule has 3 aromatic carbocycles. The van der Waals surface area contributed by atoms with Gasteiger partial charge in [-0.25, -0.2) is 0 Å². The number of halogens is 2. The molecule has 192 valence electrons. The number of benzene rings is 3. The summed E-state index contributed by atoms with van der Waals surface area (Å²) in [6.07, 6.45) is 3.86. The van der Waals surface area contributed by atoms with E-state index in [-0.39, 0.29) is 22.5 Å². The highest BCUT2D eigenvalue weighted by atomic mass is 35.5. The average Bonchev–Trinajstić information content (AvgIpc) is 3.35. The van der Waals surface area contributed by atoms with Crippen LogP contribution in [0.4, 0.5) is 11.4 Å². The van der Waals surface area contributed by atoms with Crippen molar-refractivity contribution in [2.24, 2.45) is 11.3 Å². The quantitative estimate of drug-likeness (QED) is 0.378. The molecule has 1 amide bonds. The van der Waals surface area contributed by atoms with Gasteiger partial charge in [0, 0.05) is 27.4 Å². The average molecular weight is 545 g/mol. The van der Waals surface area contributed by atoms with Gasteiger partial charge < -0.3 is 10.2 Å². The second-order valence-corrected chi connectivity index (χ2v) is 12.0. The zero-order chi connectivity index (χ0) is 27.0. The van der Waals surface area contributed by atoms with Gasteiger partial charge in [0.15, 0.2) is 11.6 Å². The summed E-state index contributed by atoms with van der Waals surface area (Å²) in [7, 11) is 0. The van der Waals surface area contributed by atoms with E-state index < -0.39 is 28.8 Å². The molecule has 7 heteroatoms. The molecule has 1 saturated heterocycles. The molecule has 0 saturated carbocycles. The van der Waals surface area contributed by atoms with Crippen molar-refractivity contribution in [1.82, 2.24) is 0 Å². The molecule has 3 aliphatic heterocycles. The molecule has 6 rings (SSSR count). The van der Waals surface area contributed by atoms with Crippen molar-refractivity contribution in [3.8, 4) is 0 Å². The van der Waals surface area contributed by atoms with E-state index in [9.17, 15) is 14.4 Å². The summed E-state index contributed by atoms with van der Waals surface area (Å²) in [5.74, 6) is -1.79. The van der Waals surface area contributed by atoms with E-state index in [1.54, 1.807) is 30.3 Å². The van der Waals surface area contributed by atoms with Gasteiger partial charge in [0.2, 0.25) is 5.91 Å². The van der Waals surface area contributed by atoms with E-state index in [1.165, 1.54) is 0 Å². The maximum atomic E-state index is 14.6. The lowest BCUT2D eigenvalue weighted by atomic mass is 9.63. The molecule has 0 aromatic heterocycles. The number of nitrogens with one attached hydrogen (secondary N) is 1. The predicted molar refractivity (Wildman–Crippen MR) is 151 cm³/mol. The Balaban J connectivity index is 1.70. The lowest BCUT2D eigenvalue weighted by molar-refractivity contribution is -0.128. The number of ketones is 2. The Morgan fingerprint density at radius 3 is 2.42 bits per heavy atom. The van der Waals surface area contributed by atoms with Gasteiger partial charge >= 0.3 is 0 Å². The van der Waals surface area contributed by atoms with Crippen LogP contribution in [0, 0.1) is 11.3 Å². The topological polar surface area (TPSA) is 66.5 Å². The third-order valence-electron chi connectivity index (χ3n) is 8.02. The number of fused-ring (bicyclic) bond motifs is 6. The molecule has 0 bridgehead atoms. The van der Waals surface area contributed by atoms with Gasteiger partial charge in [-0.15, -0.1) is 0 Å². The summed E-state index contributed by atoms with van der Waals surface area (Å²) in [5, 5.41) is 3.88. The zero-order valence-electron chi connectivity index (χ0n) is 21.2. The highest BCUT2D eigenvalue weighted by molar-refractivity contribution is 6.34. The number of hydrogen-bond donors (Lipinski definition) is 1. The van der Waals surface area contributed by atoms with Crippen LogP contribution in [0.25, 0.3) is 6.08 Å². The minimum atomic E-state index is -1.35. The van der Waals surface area contributed by atoms with Crippen molar-refractivity contribution < 1.29 is 14.4 Å². The van der Waals surface area contributed by atoms with Crippen molar-refractivity contribution >= 4 is 58.1 Å². The minimum Gasteiger partial charge on any atom is -0.352 e. The lowest BCUT2D eigenvalue weighted by Crippen LogP contribution is -2.51. The number of rotatable bonds is 3. The molecule has 3 aromatic rings. The van der Waals surface area contributed by atoms with Crippen molar-refractivity contribution in [3.63, 3.8) is 0 Å². The van der Waals surface area contributed by atoms with Gasteiger partial charge in [-0.2, -0.15) is 0 Å². The largest absolute Gasteiger partial charge is 0.352 e. The first-order valence-electron chi connectivity index (χ1n) is 12.6. The van der Waals surface area contributed by atoms with Crippen LogP contribution in [0.1, 0.15) is 42.3 Å². The summed E-state index contributed by atoms with van der Waals surface area (Å²) in [6.45, 7) is 5.53. The van der Waals surface area contributed by atoms with Crippen molar-refractivity contribution in [3.05, 3.63) is 99.5 Å². The smallest absolute Gasteiger partial charge is 0.238 e. The fraction of sp³-hybridized carbons (Fsp3) is 0.258. The van der Waals surface area contributed by atoms with Gasteiger partial charge in [0.25, 0.3) is 0 Å². The Kier molecular flexibility index (Phi) is 5.60. The monoisotopic (exact) mass is 544 g/mol. The summed E-state index contributed by atoms with van der Waals surface area (Å²) in [6, 6.07) is 18.2. The first kappa shape index (κ1) is 24.9. The summed E-state index contributed by atoms with van der Waals surface area (Å²) < 4.78 is 0. The normalized spacial score (nSPS) is 25.1. The van der Waals surface area contributed by atoms with Gasteiger partial charge in [0.1, 0.15) is 11.5 Å². The number of para-hydroxylation sites is 1. The van der Waals surface area contributed by atoms with Gasteiger partial charge in [-0.3, -0.25) is 14.4 Å². The van der Waals surface area contributed by atoms with Crippen LogP contribution in [-0.2, 0) is 15.0 Å². The van der Waals surface area contributed by atoms with E-state index in [2.05, 4.69) is 5.32 Å². The molecule has 1 fully saturated rings. The van der Waals surface area contributed by atoms with Crippen molar-refractivity contribution in [1.29, 1.82) is 0 Å². The van der Waals surface area contributed by atoms with Crippen molar-refractivity contribution in [2.75, 3.05) is 10.2 Å². The summed E-state index contributed by atoms with van der Waals surface area (Å²) >= 11 is 12.9. The zero-order valence-corrected chi connectivity index (χ0v) is 22.7. The number of Topliss-reactive ketones (excluding diaryl/α,β-unsaturated/α-hetero) is 2. The molecule has 0 unspecified atom stereocenters. The van der Waals surface area contributed by atoms with Gasteiger partial charge in [-0.1, -0.05) is 86.5 Å². The highest BCUT2D eigenvalue weighted by Crippen LogP contribution is 2.58. The molecule has 3 aliphatic rings. The second kappa shape index (κ2) is 8.55. The number of nitrogens with zero attached hydrogens (tertiary/aromatic N) is 1. The molecule has 38 heavy (non-hydrogen) atoms. The third-order valence-corrected chi connectivity index (χ3v) is 8.59. The third kappa shape index (κ3) is 3.35. The lowest BCUT2D eigenvalue weighted by Gasteiger charge is -2.38. The molecule has 4 atom stereocenters. The highest BCUT2D eigenvalue weighted by Gasteiger charge is 2.70. The standard InChI is InChI=1S/C31H26Cl2N2O3/c1-30(2,3)28(37)26-25(27(36)19-8-4-6-10-21(19)33)31(20-9-5-7-11-22(20)34-29(31)38)24-15-12-17-16-18(32)13-14-23(17)35(24)26/h4-16,24-26H,1-3H3,(H,34,38)/t24-,25+,26-,31-/m0/s1. The van der Waals surface area contributed by atoms with Crippen LogP contribution >= 0.6 is 23.2 Å². The number of carbonyl (C=O) groups is 3. The van der Waals surface area contributed by atoms with E-state index >= 15 is 0 Å². The minimum absolute atomic E-state index is 0.127. The summed E-state index contributed by atoms with van der Waals surface area (Å²) in [4.78, 5) is 45.2. The summed E-state index contributed by atoms with van der Waals surface area (Å²) in [5.41, 5.74) is 1.09. The number of hydrogen-bond acceptors (Lipinski definition) is 4. The van der Waals surface area contributed by atoms with E-state index in [1.807, 2.05) is 74.2 Å². The molecule has 0 radical (unpaired) electrons. The van der Waals surface area contributed by atoms with Crippen LogP contribution in [0.5, 0.6) is 0 Å². The van der Waals surface area contributed by atoms with Crippen LogP contribution < -0.4 is 10.2 Å². The number of carbonyl (C=O) groups excluding carboxylic acids is 3. The molecular formula is C31H26Cl2N2O3. The van der Waals surface area contributed by atoms with Crippen LogP contribution in [-0.4, -0.2) is 29.6 Å². The first-order valence-corrected chi connectivity index (χ1v) is 13.3. The number of anilines is 2. The maximum absolute atomic E-state index is 14.6. The molecule has 1 N–H and O–H groups in total. The molecule has 1 spiro atoms. The first-order chi connectivity index (χ1) is 18.1. The van der Waals surface area contributed by atoms with E-state index in [0.717, 1.165) is 11.3 Å². The second-order valence-electron chi connectivity index (χ2n) is 11.2. The van der Waals surface area contributed by atoms with Gasteiger partial charge in [-0.05, 0) is 47.5 Å². The number of amides is 1. The fourth-order valence-electron chi connectivity index (χ4n) is 6.42. The van der Waals surface area contributed by atoms with E-state index in [0.29, 0.717) is 21.8 Å². The van der Waals surface area contributed by atoms with Crippen LogP contribution in [0.2, 0.25) is 10.0 Å². The Bertz CT molecular complexity index is 1560. The molecule has 5 nitrogen and oxygen atoms in total. The van der Waals surface area contributed by atoms with Crippen molar-refractivity contribution in [2.45, 2.75) is 38.3 Å². The van der Waals surface area contributed by atoms with Crippen LogP contribution in [0.3, 0.4) is 0 Å². The predicted octanol–water partition coefficient (Wildman–Crippen LogP) is 6.58. The van der Waals surface area contributed by atoms with E-state index in [4.69, 9.17) is 23.2 Å². The Morgan fingerprint density at radius 2 is 1.68 bits per heavy atom. The molecule has 3 heterocycles. The Hall–Kier alpha value is -3.41. The SMILES string of the molecule is CC(C)(C)C(=O)[C@@H]1[C@H](C(=O)c2ccccc2Cl)[C@@]2(C(=O)Nc3ccccc32)[C@@H]2C=Cc3cc(Cl)ccc3N12. The van der Waals surface area contributed by atoms with Gasteiger partial charge in [0.05, 0.1) is 17.0 Å².